The lowest BCUT2D eigenvalue weighted by Crippen LogP contribution is -2.40. The molecule has 2 rings (SSSR count). The fraction of sp³-hybridized carbons (Fsp3) is 0.625. The minimum absolute atomic E-state index is 0.113. The van der Waals surface area contributed by atoms with E-state index in [1.54, 1.807) is 0 Å². The molecule has 0 aromatic heterocycles. The highest BCUT2D eigenvalue weighted by Crippen LogP contribution is 2.23. The number of hydrogen-bond donors (Lipinski definition) is 1. The third-order valence-electron chi connectivity index (χ3n) is 3.72. The Labute approximate surface area is 116 Å². The van der Waals surface area contributed by atoms with E-state index < -0.39 is 0 Å². The lowest BCUT2D eigenvalue weighted by molar-refractivity contribution is -0.102. The van der Waals surface area contributed by atoms with Gasteiger partial charge in [-0.25, -0.2) is 0 Å². The molecular weight excluding hydrogens is 238 g/mol. The molecule has 1 aliphatic rings. The Hall–Kier alpha value is -0.900. The fourth-order valence-electron chi connectivity index (χ4n) is 2.42. The molecule has 19 heavy (non-hydrogen) atoms. The average molecular weight is 263 g/mol. The van der Waals surface area contributed by atoms with E-state index in [1.807, 2.05) is 0 Å². The Morgan fingerprint density at radius 1 is 1.26 bits per heavy atom. The molecule has 1 saturated heterocycles. The van der Waals surface area contributed by atoms with E-state index in [2.05, 4.69) is 44.3 Å². The van der Waals surface area contributed by atoms with Crippen LogP contribution in [0, 0.1) is 13.8 Å². The van der Waals surface area contributed by atoms with Gasteiger partial charge in [-0.05, 0) is 43.5 Å². The van der Waals surface area contributed by atoms with Crippen LogP contribution in [0.25, 0.3) is 0 Å². The first-order valence-corrected chi connectivity index (χ1v) is 7.22. The fourth-order valence-corrected chi connectivity index (χ4v) is 2.42. The molecule has 0 bridgehead atoms. The molecule has 1 aliphatic heterocycles. The van der Waals surface area contributed by atoms with Gasteiger partial charge in [0.1, 0.15) is 6.10 Å². The summed E-state index contributed by atoms with van der Waals surface area (Å²) in [7, 11) is 0. The van der Waals surface area contributed by atoms with Crippen molar-refractivity contribution in [1.29, 1.82) is 0 Å². The highest BCUT2D eigenvalue weighted by atomic mass is 16.6. The molecule has 0 radical (unpaired) electrons. The molecule has 1 aromatic rings. The van der Waals surface area contributed by atoms with Gasteiger partial charge in [0.25, 0.3) is 0 Å². The second kappa shape index (κ2) is 7.04. The van der Waals surface area contributed by atoms with Crippen molar-refractivity contribution in [2.45, 2.75) is 39.3 Å². The predicted octanol–water partition coefficient (Wildman–Crippen LogP) is 2.76. The largest absolute Gasteiger partial charge is 0.376 e. The van der Waals surface area contributed by atoms with E-state index in [0.29, 0.717) is 19.8 Å². The molecule has 0 spiro atoms. The summed E-state index contributed by atoms with van der Waals surface area (Å²) < 4.78 is 11.4. The lowest BCUT2D eigenvalue weighted by Gasteiger charge is -2.31. The lowest BCUT2D eigenvalue weighted by atomic mass is 9.97. The van der Waals surface area contributed by atoms with Crippen LogP contribution in [0.4, 0.5) is 0 Å². The van der Waals surface area contributed by atoms with Crippen molar-refractivity contribution >= 4 is 0 Å². The summed E-state index contributed by atoms with van der Waals surface area (Å²) >= 11 is 0. The Kier molecular flexibility index (Phi) is 5.37. The van der Waals surface area contributed by atoms with Crippen LogP contribution >= 0.6 is 0 Å². The molecule has 2 unspecified atom stereocenters. The maximum absolute atomic E-state index is 5.87. The van der Waals surface area contributed by atoms with Gasteiger partial charge in [-0.2, -0.15) is 0 Å². The van der Waals surface area contributed by atoms with Gasteiger partial charge < -0.3 is 14.8 Å². The second-order valence-electron chi connectivity index (χ2n) is 5.26. The Morgan fingerprint density at radius 3 is 2.74 bits per heavy atom. The molecule has 0 saturated carbocycles. The molecule has 2 atom stereocenters. The van der Waals surface area contributed by atoms with Crippen LogP contribution in [-0.2, 0) is 9.47 Å². The number of aryl methyl sites for hydroxylation is 2. The summed E-state index contributed by atoms with van der Waals surface area (Å²) in [5.74, 6) is 0. The van der Waals surface area contributed by atoms with Crippen molar-refractivity contribution < 1.29 is 9.47 Å². The molecule has 0 amide bonds. The topological polar surface area (TPSA) is 30.5 Å². The van der Waals surface area contributed by atoms with Crippen molar-refractivity contribution in [2.24, 2.45) is 0 Å². The maximum atomic E-state index is 5.87. The van der Waals surface area contributed by atoms with E-state index in [0.717, 1.165) is 13.0 Å². The standard InChI is InChI=1S/C16H25NO2/c1-4-7-17-16(15-11-18-8-9-19-15)14-6-5-12(2)13(3)10-14/h5-6,10,15-17H,4,7-9,11H2,1-3H3. The number of rotatable bonds is 5. The van der Waals surface area contributed by atoms with Gasteiger partial charge in [0.15, 0.2) is 0 Å². The first-order valence-electron chi connectivity index (χ1n) is 7.22. The first-order chi connectivity index (χ1) is 9.22. The van der Waals surface area contributed by atoms with E-state index in [9.17, 15) is 0 Å². The van der Waals surface area contributed by atoms with Crippen LogP contribution < -0.4 is 5.32 Å². The first kappa shape index (κ1) is 14.5. The van der Waals surface area contributed by atoms with Crippen molar-refractivity contribution in [3.8, 4) is 0 Å². The second-order valence-corrected chi connectivity index (χ2v) is 5.26. The van der Waals surface area contributed by atoms with Gasteiger partial charge in [-0.15, -0.1) is 0 Å². The van der Waals surface area contributed by atoms with Crippen molar-refractivity contribution in [1.82, 2.24) is 5.32 Å². The summed E-state index contributed by atoms with van der Waals surface area (Å²) in [6, 6.07) is 6.88. The zero-order chi connectivity index (χ0) is 13.7. The highest BCUT2D eigenvalue weighted by molar-refractivity contribution is 5.32. The number of nitrogens with one attached hydrogen (secondary N) is 1. The van der Waals surface area contributed by atoms with Crippen molar-refractivity contribution in [3.63, 3.8) is 0 Å². The summed E-state index contributed by atoms with van der Waals surface area (Å²) in [4.78, 5) is 0. The zero-order valence-electron chi connectivity index (χ0n) is 12.2. The van der Waals surface area contributed by atoms with Gasteiger partial charge in [-0.3, -0.25) is 0 Å². The van der Waals surface area contributed by atoms with E-state index in [-0.39, 0.29) is 12.1 Å². The van der Waals surface area contributed by atoms with Crippen LogP contribution in [-0.4, -0.2) is 32.5 Å². The number of benzene rings is 1. The summed E-state index contributed by atoms with van der Waals surface area (Å²) in [6.45, 7) is 9.57. The summed E-state index contributed by atoms with van der Waals surface area (Å²) in [5, 5.41) is 3.60. The van der Waals surface area contributed by atoms with E-state index in [1.165, 1.54) is 16.7 Å². The quantitative estimate of drug-likeness (QED) is 0.886. The monoisotopic (exact) mass is 263 g/mol. The van der Waals surface area contributed by atoms with Crippen LogP contribution in [0.2, 0.25) is 0 Å². The highest BCUT2D eigenvalue weighted by Gasteiger charge is 2.26. The third-order valence-corrected chi connectivity index (χ3v) is 3.72. The molecule has 1 N–H and O–H groups in total. The van der Waals surface area contributed by atoms with Crippen LogP contribution in [0.15, 0.2) is 18.2 Å². The van der Waals surface area contributed by atoms with Crippen molar-refractivity contribution in [3.05, 3.63) is 34.9 Å². The van der Waals surface area contributed by atoms with E-state index in [4.69, 9.17) is 9.47 Å². The Balaban J connectivity index is 2.17. The smallest absolute Gasteiger partial charge is 0.100 e. The summed E-state index contributed by atoms with van der Waals surface area (Å²) in [6.07, 6.45) is 1.23. The van der Waals surface area contributed by atoms with Gasteiger partial charge in [0.05, 0.1) is 25.9 Å². The molecule has 0 aliphatic carbocycles. The van der Waals surface area contributed by atoms with Crippen LogP contribution in [0.3, 0.4) is 0 Å². The zero-order valence-corrected chi connectivity index (χ0v) is 12.2. The average Bonchev–Trinajstić information content (AvgIpc) is 2.44. The normalized spacial score (nSPS) is 21.3. The van der Waals surface area contributed by atoms with Crippen molar-refractivity contribution in [2.75, 3.05) is 26.4 Å². The maximum Gasteiger partial charge on any atom is 0.100 e. The van der Waals surface area contributed by atoms with Gasteiger partial charge in [0.2, 0.25) is 0 Å². The van der Waals surface area contributed by atoms with E-state index >= 15 is 0 Å². The van der Waals surface area contributed by atoms with Gasteiger partial charge >= 0.3 is 0 Å². The molecule has 1 fully saturated rings. The number of ether oxygens (including phenoxy) is 2. The predicted molar refractivity (Wildman–Crippen MR) is 77.5 cm³/mol. The molecule has 1 heterocycles. The summed E-state index contributed by atoms with van der Waals surface area (Å²) in [5.41, 5.74) is 3.96. The Bertz CT molecular complexity index is 400. The van der Waals surface area contributed by atoms with Crippen LogP contribution in [0.5, 0.6) is 0 Å². The van der Waals surface area contributed by atoms with Gasteiger partial charge in [-0.1, -0.05) is 25.1 Å². The SMILES string of the molecule is CCCNC(c1ccc(C)c(C)c1)C1COCCO1. The molecule has 3 nitrogen and oxygen atoms in total. The van der Waals surface area contributed by atoms with Crippen LogP contribution in [0.1, 0.15) is 36.1 Å². The van der Waals surface area contributed by atoms with Gasteiger partial charge in [0, 0.05) is 0 Å². The molecule has 1 aromatic carbocycles. The minimum Gasteiger partial charge on any atom is -0.376 e. The molecule has 106 valence electrons. The minimum atomic E-state index is 0.113. The number of hydrogen-bond acceptors (Lipinski definition) is 3. The Morgan fingerprint density at radius 2 is 2.11 bits per heavy atom. The molecular formula is C16H25NO2. The third kappa shape index (κ3) is 3.78. The molecule has 3 heteroatoms.